The average molecular weight is 510 g/mol. The molecule has 3 rings (SSSR count). The van der Waals surface area contributed by atoms with E-state index in [0.717, 1.165) is 0 Å². The van der Waals surface area contributed by atoms with Crippen LogP contribution in [0.1, 0.15) is 18.1 Å². The summed E-state index contributed by atoms with van der Waals surface area (Å²) in [5.74, 6) is -0.174. The Hall–Kier alpha value is -2.46. The number of halogens is 2. The number of amides is 3. The van der Waals surface area contributed by atoms with Crippen molar-refractivity contribution in [2.45, 2.75) is 19.1 Å². The predicted octanol–water partition coefficient (Wildman–Crippen LogP) is 2.78. The third-order valence-electron chi connectivity index (χ3n) is 4.82. The molecule has 1 heterocycles. The van der Waals surface area contributed by atoms with E-state index in [1.54, 1.807) is 32.2 Å². The van der Waals surface area contributed by atoms with Gasteiger partial charge < -0.3 is 25.7 Å². The van der Waals surface area contributed by atoms with E-state index in [1.165, 1.54) is 4.90 Å². The predicted molar refractivity (Wildman–Crippen MR) is 124 cm³/mol. The van der Waals surface area contributed by atoms with Crippen molar-refractivity contribution in [2.75, 3.05) is 30.4 Å². The zero-order valence-electron chi connectivity index (χ0n) is 16.9. The Morgan fingerprint density at radius 3 is 2.71 bits per heavy atom. The van der Waals surface area contributed by atoms with Gasteiger partial charge >= 0.3 is 6.03 Å². The molecule has 0 spiro atoms. The lowest BCUT2D eigenvalue weighted by Crippen LogP contribution is -2.36. The van der Waals surface area contributed by atoms with Crippen molar-refractivity contribution in [2.24, 2.45) is 4.99 Å². The van der Waals surface area contributed by atoms with Crippen LogP contribution in [0.15, 0.2) is 45.9 Å². The Labute approximate surface area is 193 Å². The van der Waals surface area contributed by atoms with Gasteiger partial charge in [-0.05, 0) is 41.1 Å². The lowest BCUT2D eigenvalue weighted by atomic mass is 9.99. The minimum absolute atomic E-state index is 0.105. The molecule has 0 radical (unpaired) electrons. The first-order valence-corrected chi connectivity index (χ1v) is 10.7. The number of rotatable bonds is 5. The standard InChI is InChI=1S/C21H22BrClN4O4/c1-11-20(30)27(2)16-8-7-15(26-21(31)24-9-12(29)10-28)18(22)17(16)19(25-11)13-5-3-4-6-14(13)23/h3-8,11-12,28-29H,9-10H2,1-2H3,(H2,24,26,31)/t11-,12?/m0/s1. The molecule has 31 heavy (non-hydrogen) atoms. The van der Waals surface area contributed by atoms with Gasteiger partial charge in [-0.15, -0.1) is 0 Å². The molecule has 1 unspecified atom stereocenters. The minimum atomic E-state index is -1.05. The molecule has 4 N–H and O–H groups in total. The molecule has 8 nitrogen and oxygen atoms in total. The summed E-state index contributed by atoms with van der Waals surface area (Å²) in [6, 6.07) is 9.41. The number of aliphatic hydroxyl groups is 2. The molecule has 2 aromatic carbocycles. The van der Waals surface area contributed by atoms with Crippen LogP contribution in [0.4, 0.5) is 16.2 Å². The number of benzene rings is 2. The smallest absolute Gasteiger partial charge is 0.319 e. The van der Waals surface area contributed by atoms with Gasteiger partial charge in [-0.3, -0.25) is 9.79 Å². The zero-order chi connectivity index (χ0) is 22.7. The molecule has 0 saturated heterocycles. The summed E-state index contributed by atoms with van der Waals surface area (Å²) in [4.78, 5) is 31.2. The highest BCUT2D eigenvalue weighted by atomic mass is 79.9. The van der Waals surface area contributed by atoms with Crippen LogP contribution < -0.4 is 15.5 Å². The maximum Gasteiger partial charge on any atom is 0.319 e. The first-order chi connectivity index (χ1) is 14.7. The van der Waals surface area contributed by atoms with Gasteiger partial charge in [-0.25, -0.2) is 4.79 Å². The highest BCUT2D eigenvalue weighted by Gasteiger charge is 2.30. The number of hydrogen-bond acceptors (Lipinski definition) is 5. The van der Waals surface area contributed by atoms with E-state index in [9.17, 15) is 14.7 Å². The van der Waals surface area contributed by atoms with Crippen molar-refractivity contribution >= 4 is 56.6 Å². The van der Waals surface area contributed by atoms with Gasteiger partial charge in [-0.1, -0.05) is 29.8 Å². The summed E-state index contributed by atoms with van der Waals surface area (Å²) >= 11 is 10.0. The Morgan fingerprint density at radius 2 is 2.03 bits per heavy atom. The van der Waals surface area contributed by atoms with Crippen molar-refractivity contribution in [3.8, 4) is 0 Å². The molecule has 0 saturated carbocycles. The number of benzodiazepines with no additional fused rings is 1. The van der Waals surface area contributed by atoms with Crippen molar-refractivity contribution in [1.29, 1.82) is 0 Å². The van der Waals surface area contributed by atoms with E-state index in [1.807, 2.05) is 18.2 Å². The lowest BCUT2D eigenvalue weighted by molar-refractivity contribution is -0.119. The van der Waals surface area contributed by atoms with Crippen LogP contribution in [0.25, 0.3) is 0 Å². The minimum Gasteiger partial charge on any atom is -0.394 e. The normalized spacial score (nSPS) is 16.8. The SMILES string of the molecule is C[C@@H]1N=C(c2ccccc2Cl)c2c(ccc(NC(=O)NCC(O)CO)c2Br)N(C)C1=O. The number of nitrogens with zero attached hydrogens (tertiary/aromatic N) is 2. The summed E-state index contributed by atoms with van der Waals surface area (Å²) in [6.45, 7) is 1.15. The third kappa shape index (κ3) is 4.90. The second-order valence-electron chi connectivity index (χ2n) is 7.02. The second-order valence-corrected chi connectivity index (χ2v) is 8.22. The van der Waals surface area contributed by atoms with Crippen LogP contribution in [0.2, 0.25) is 5.02 Å². The summed E-state index contributed by atoms with van der Waals surface area (Å²) in [7, 11) is 1.67. The van der Waals surface area contributed by atoms with Crippen molar-refractivity contribution < 1.29 is 19.8 Å². The number of nitrogens with one attached hydrogen (secondary N) is 2. The molecule has 1 aliphatic heterocycles. The molecule has 10 heteroatoms. The van der Waals surface area contributed by atoms with Crippen LogP contribution >= 0.6 is 27.5 Å². The van der Waals surface area contributed by atoms with E-state index < -0.39 is 24.8 Å². The molecule has 2 atom stereocenters. The third-order valence-corrected chi connectivity index (χ3v) is 5.97. The number of likely N-dealkylation sites (N-methyl/N-ethyl adjacent to an activating group) is 1. The monoisotopic (exact) mass is 508 g/mol. The van der Waals surface area contributed by atoms with Gasteiger partial charge in [-0.2, -0.15) is 0 Å². The second kappa shape index (κ2) is 9.78. The maximum absolute atomic E-state index is 12.8. The van der Waals surface area contributed by atoms with E-state index in [4.69, 9.17) is 16.7 Å². The largest absolute Gasteiger partial charge is 0.394 e. The van der Waals surface area contributed by atoms with Gasteiger partial charge in [0.1, 0.15) is 6.04 Å². The first-order valence-electron chi connectivity index (χ1n) is 9.51. The van der Waals surface area contributed by atoms with Gasteiger partial charge in [0, 0.05) is 29.7 Å². The van der Waals surface area contributed by atoms with Crippen LogP contribution in [-0.2, 0) is 4.79 Å². The zero-order valence-corrected chi connectivity index (χ0v) is 19.2. The van der Waals surface area contributed by atoms with Crippen LogP contribution in [0.3, 0.4) is 0 Å². The van der Waals surface area contributed by atoms with E-state index in [2.05, 4.69) is 31.6 Å². The van der Waals surface area contributed by atoms with E-state index in [0.29, 0.717) is 37.7 Å². The molecular weight excluding hydrogens is 488 g/mol. The topological polar surface area (TPSA) is 114 Å². The summed E-state index contributed by atoms with van der Waals surface area (Å²) < 4.78 is 0.523. The quantitative estimate of drug-likeness (QED) is 0.496. The molecule has 0 fully saturated rings. The van der Waals surface area contributed by atoms with E-state index >= 15 is 0 Å². The van der Waals surface area contributed by atoms with Crippen LogP contribution in [0, 0.1) is 0 Å². The number of anilines is 2. The fourth-order valence-electron chi connectivity index (χ4n) is 3.18. The molecule has 0 bridgehead atoms. The van der Waals surface area contributed by atoms with Gasteiger partial charge in [0.25, 0.3) is 5.91 Å². The summed E-state index contributed by atoms with van der Waals surface area (Å²) in [5.41, 5.74) is 2.85. The number of carbonyl (C=O) groups excluding carboxylic acids is 2. The van der Waals surface area contributed by atoms with Crippen LogP contribution in [-0.4, -0.2) is 60.2 Å². The molecule has 1 aliphatic rings. The molecule has 0 aliphatic carbocycles. The Bertz CT molecular complexity index is 1050. The summed E-state index contributed by atoms with van der Waals surface area (Å²) in [5, 5.41) is 24.0. The maximum atomic E-state index is 12.8. The number of hydrogen-bond donors (Lipinski definition) is 4. The number of aliphatic hydroxyl groups excluding tert-OH is 2. The van der Waals surface area contributed by atoms with Crippen molar-refractivity contribution in [3.63, 3.8) is 0 Å². The molecule has 2 aromatic rings. The van der Waals surface area contributed by atoms with Gasteiger partial charge in [0.05, 0.1) is 34.3 Å². The highest BCUT2D eigenvalue weighted by Crippen LogP contribution is 2.38. The molecule has 3 amide bonds. The average Bonchev–Trinajstić information content (AvgIpc) is 2.85. The summed E-state index contributed by atoms with van der Waals surface area (Å²) in [6.07, 6.45) is -1.05. The fourth-order valence-corrected chi connectivity index (χ4v) is 4.03. The number of urea groups is 1. The lowest BCUT2D eigenvalue weighted by Gasteiger charge is -2.22. The number of carbonyl (C=O) groups is 2. The van der Waals surface area contributed by atoms with Gasteiger partial charge in [0.2, 0.25) is 0 Å². The van der Waals surface area contributed by atoms with Crippen molar-refractivity contribution in [1.82, 2.24) is 5.32 Å². The highest BCUT2D eigenvalue weighted by molar-refractivity contribution is 9.10. The molecule has 164 valence electrons. The Morgan fingerprint density at radius 1 is 1.32 bits per heavy atom. The van der Waals surface area contributed by atoms with Crippen molar-refractivity contribution in [3.05, 3.63) is 57.0 Å². The molecule has 0 aromatic heterocycles. The Balaban J connectivity index is 2.08. The fraction of sp³-hybridized carbons (Fsp3) is 0.286. The Kier molecular flexibility index (Phi) is 7.32. The number of fused-ring (bicyclic) bond motifs is 1. The van der Waals surface area contributed by atoms with E-state index in [-0.39, 0.29) is 12.5 Å². The first kappa shape index (κ1) is 23.2. The van der Waals surface area contributed by atoms with Crippen LogP contribution in [0.5, 0.6) is 0 Å². The molecular formula is C21H22BrClN4O4. The number of aliphatic imine (C=N–C) groups is 1. The van der Waals surface area contributed by atoms with Gasteiger partial charge in [0.15, 0.2) is 0 Å².